The maximum atomic E-state index is 12.8. The van der Waals surface area contributed by atoms with Crippen LogP contribution in [0.2, 0.25) is 0 Å². The molecule has 0 saturated heterocycles. The van der Waals surface area contributed by atoms with E-state index in [0.29, 0.717) is 16.7 Å². The highest BCUT2D eigenvalue weighted by molar-refractivity contribution is 5.96. The molecule has 0 radical (unpaired) electrons. The zero-order valence-corrected chi connectivity index (χ0v) is 20.2. The Morgan fingerprint density at radius 1 is 0.868 bits per heavy atom. The van der Waals surface area contributed by atoms with Crippen molar-refractivity contribution in [1.29, 1.82) is 0 Å². The Kier molecular flexibility index (Phi) is 9.59. The van der Waals surface area contributed by atoms with Crippen molar-refractivity contribution in [3.63, 3.8) is 0 Å². The Morgan fingerprint density at radius 3 is 2.29 bits per heavy atom. The van der Waals surface area contributed by atoms with Crippen molar-refractivity contribution in [2.45, 2.75) is 25.7 Å². The summed E-state index contributed by atoms with van der Waals surface area (Å²) in [5, 5.41) is 21.4. The molecule has 0 aliphatic carbocycles. The van der Waals surface area contributed by atoms with Crippen LogP contribution in [0.25, 0.3) is 6.08 Å². The number of esters is 2. The summed E-state index contributed by atoms with van der Waals surface area (Å²) in [5.41, 5.74) is 7.04. The summed E-state index contributed by atoms with van der Waals surface area (Å²) in [6.45, 7) is -0.336. The summed E-state index contributed by atoms with van der Waals surface area (Å²) in [6.07, 6.45) is 1.91. The number of aromatic hydroxyl groups is 2. The van der Waals surface area contributed by atoms with E-state index >= 15 is 0 Å². The molecule has 0 saturated carbocycles. The summed E-state index contributed by atoms with van der Waals surface area (Å²) >= 11 is 0. The minimum atomic E-state index is -1.37. The molecular weight excluding hydrogens is 492 g/mol. The Balaban J connectivity index is 1.67. The van der Waals surface area contributed by atoms with Crippen LogP contribution in [0.5, 0.6) is 11.5 Å². The second-order valence-electron chi connectivity index (χ2n) is 8.12. The molecule has 0 spiro atoms. The van der Waals surface area contributed by atoms with Gasteiger partial charge >= 0.3 is 11.9 Å². The first-order valence-electron chi connectivity index (χ1n) is 11.5. The molecule has 3 aromatic carbocycles. The molecule has 10 heteroatoms. The van der Waals surface area contributed by atoms with Crippen molar-refractivity contribution in [2.24, 2.45) is 5.73 Å². The van der Waals surface area contributed by atoms with E-state index in [9.17, 15) is 29.4 Å². The number of hydrogen-bond acceptors (Lipinski definition) is 8. The van der Waals surface area contributed by atoms with Gasteiger partial charge in [0, 0.05) is 17.2 Å². The molecule has 0 heterocycles. The lowest BCUT2D eigenvalue weighted by molar-refractivity contribution is -0.154. The molecule has 0 aromatic heterocycles. The number of phenols is 2. The van der Waals surface area contributed by atoms with Crippen molar-refractivity contribution >= 4 is 29.8 Å². The zero-order chi connectivity index (χ0) is 27.5. The average molecular weight is 519 g/mol. The summed E-state index contributed by atoms with van der Waals surface area (Å²) in [7, 11) is 0. The van der Waals surface area contributed by atoms with Gasteiger partial charge in [0.2, 0.25) is 11.8 Å². The quantitative estimate of drug-likeness (QED) is 0.171. The highest BCUT2D eigenvalue weighted by Gasteiger charge is 2.26. The number of primary amides is 1. The summed E-state index contributed by atoms with van der Waals surface area (Å²) in [4.78, 5) is 49.4. The van der Waals surface area contributed by atoms with Crippen molar-refractivity contribution < 1.29 is 38.9 Å². The van der Waals surface area contributed by atoms with Crippen molar-refractivity contribution in [1.82, 2.24) is 5.32 Å². The normalized spacial score (nSPS) is 11.5. The first-order valence-corrected chi connectivity index (χ1v) is 11.5. The molecule has 1 atom stereocenters. The van der Waals surface area contributed by atoms with Gasteiger partial charge < -0.3 is 30.7 Å². The molecule has 0 bridgehead atoms. The predicted octanol–water partition coefficient (Wildman–Crippen LogP) is 2.57. The molecule has 10 nitrogen and oxygen atoms in total. The number of nitrogens with two attached hydrogens (primary N) is 1. The van der Waals surface area contributed by atoms with Gasteiger partial charge in [-0.3, -0.25) is 14.4 Å². The third-order valence-electron chi connectivity index (χ3n) is 5.29. The SMILES string of the molecule is NC(=O)c1ccccc1COC(=O)C[C@H](NC(=O)C=Cc1ccc(O)c(O)c1)C(=O)OCc1ccccc1. The molecule has 38 heavy (non-hydrogen) atoms. The summed E-state index contributed by atoms with van der Waals surface area (Å²) in [5.74, 6) is -3.75. The molecule has 3 aromatic rings. The Bertz CT molecular complexity index is 1340. The van der Waals surface area contributed by atoms with Crippen LogP contribution in [0.3, 0.4) is 0 Å². The van der Waals surface area contributed by atoms with Crippen LogP contribution in [-0.2, 0) is 37.1 Å². The number of ether oxygens (including phenoxy) is 2. The molecular formula is C28H26N2O8. The van der Waals surface area contributed by atoms with Crippen LogP contribution in [-0.4, -0.2) is 40.0 Å². The van der Waals surface area contributed by atoms with Crippen LogP contribution in [0.15, 0.2) is 78.9 Å². The number of carbonyl (C=O) groups is 4. The number of amides is 2. The standard InChI is InChI=1S/C28H26N2O8/c29-27(35)21-9-5-4-8-20(21)17-37-26(34)15-22(28(36)38-16-19-6-2-1-3-7-19)30-25(33)13-11-18-10-12-23(31)24(32)14-18/h1-14,22,31-32H,15-17H2,(H2,29,35)(H,30,33)/t22-/m0/s1. The molecule has 3 rings (SSSR count). The van der Waals surface area contributed by atoms with Crippen LogP contribution in [0.4, 0.5) is 0 Å². The number of phenolic OH excluding ortho intramolecular Hbond substituents is 2. The Hall–Kier alpha value is -5.12. The molecule has 2 amide bonds. The molecule has 5 N–H and O–H groups in total. The zero-order valence-electron chi connectivity index (χ0n) is 20.2. The average Bonchev–Trinajstić information content (AvgIpc) is 2.91. The van der Waals surface area contributed by atoms with Crippen LogP contribution >= 0.6 is 0 Å². The van der Waals surface area contributed by atoms with Gasteiger partial charge in [0.25, 0.3) is 0 Å². The summed E-state index contributed by atoms with van der Waals surface area (Å²) in [6, 6.07) is 17.8. The molecule has 0 aliphatic rings. The second kappa shape index (κ2) is 13.3. The number of nitrogens with one attached hydrogen (secondary N) is 1. The maximum absolute atomic E-state index is 12.8. The Morgan fingerprint density at radius 2 is 1.58 bits per heavy atom. The lowest BCUT2D eigenvalue weighted by atomic mass is 10.1. The largest absolute Gasteiger partial charge is 0.504 e. The summed E-state index contributed by atoms with van der Waals surface area (Å²) < 4.78 is 10.5. The van der Waals surface area contributed by atoms with Crippen molar-refractivity contribution in [2.75, 3.05) is 0 Å². The fourth-order valence-electron chi connectivity index (χ4n) is 3.33. The minimum Gasteiger partial charge on any atom is -0.504 e. The Labute approximate surface area is 218 Å². The van der Waals surface area contributed by atoms with Gasteiger partial charge in [0.05, 0.1) is 6.42 Å². The second-order valence-corrected chi connectivity index (χ2v) is 8.12. The lowest BCUT2D eigenvalue weighted by Gasteiger charge is -2.17. The van der Waals surface area contributed by atoms with Gasteiger partial charge in [0.1, 0.15) is 19.3 Å². The van der Waals surface area contributed by atoms with Crippen molar-refractivity contribution in [3.05, 3.63) is 101 Å². The van der Waals surface area contributed by atoms with Crippen LogP contribution in [0.1, 0.15) is 33.5 Å². The van der Waals surface area contributed by atoms with E-state index in [4.69, 9.17) is 15.2 Å². The van der Waals surface area contributed by atoms with Crippen molar-refractivity contribution in [3.8, 4) is 11.5 Å². The third kappa shape index (κ3) is 8.23. The van der Waals surface area contributed by atoms with E-state index in [1.54, 1.807) is 48.5 Å². The first kappa shape index (κ1) is 27.5. The number of rotatable bonds is 11. The van der Waals surface area contributed by atoms with Crippen LogP contribution < -0.4 is 11.1 Å². The minimum absolute atomic E-state index is 0.0737. The van der Waals surface area contributed by atoms with Gasteiger partial charge in [-0.2, -0.15) is 0 Å². The smallest absolute Gasteiger partial charge is 0.329 e. The number of hydrogen-bond donors (Lipinski definition) is 4. The fraction of sp³-hybridized carbons (Fsp3) is 0.143. The van der Waals surface area contributed by atoms with Gasteiger partial charge in [-0.1, -0.05) is 54.6 Å². The lowest BCUT2D eigenvalue weighted by Crippen LogP contribution is -2.42. The highest BCUT2D eigenvalue weighted by Crippen LogP contribution is 2.25. The van der Waals surface area contributed by atoms with E-state index in [1.807, 2.05) is 0 Å². The van der Waals surface area contributed by atoms with Gasteiger partial charge in [-0.15, -0.1) is 0 Å². The monoisotopic (exact) mass is 518 g/mol. The van der Waals surface area contributed by atoms with E-state index in [0.717, 1.165) is 6.08 Å². The van der Waals surface area contributed by atoms with E-state index in [2.05, 4.69) is 5.32 Å². The van der Waals surface area contributed by atoms with E-state index < -0.39 is 36.2 Å². The van der Waals surface area contributed by atoms with Crippen LogP contribution in [0, 0.1) is 0 Å². The molecule has 0 aliphatic heterocycles. The molecule has 196 valence electrons. The van der Waals surface area contributed by atoms with Gasteiger partial charge in [0.15, 0.2) is 11.5 Å². The van der Waals surface area contributed by atoms with E-state index in [-0.39, 0.29) is 30.3 Å². The van der Waals surface area contributed by atoms with E-state index in [1.165, 1.54) is 30.3 Å². The van der Waals surface area contributed by atoms with Gasteiger partial charge in [-0.05, 0) is 35.4 Å². The maximum Gasteiger partial charge on any atom is 0.329 e. The topological polar surface area (TPSA) is 165 Å². The van der Waals surface area contributed by atoms with Gasteiger partial charge in [-0.25, -0.2) is 4.79 Å². The molecule has 0 unspecified atom stereocenters. The third-order valence-corrected chi connectivity index (χ3v) is 5.29. The fourth-order valence-corrected chi connectivity index (χ4v) is 3.33. The number of benzene rings is 3. The predicted molar refractivity (Wildman–Crippen MR) is 136 cm³/mol. The molecule has 0 fully saturated rings. The first-order chi connectivity index (χ1) is 18.2. The highest BCUT2D eigenvalue weighted by atomic mass is 16.5. The number of carbonyl (C=O) groups excluding carboxylic acids is 4.